The molecule has 0 aliphatic heterocycles. The maximum atomic E-state index is 11.4. The van der Waals surface area contributed by atoms with Crippen LogP contribution in [0.1, 0.15) is 34.5 Å². The Balaban J connectivity index is 1.82. The quantitative estimate of drug-likeness (QED) is 0.771. The third-order valence-corrected chi connectivity index (χ3v) is 3.76. The molecule has 2 N–H and O–H groups in total. The minimum absolute atomic E-state index is 0.220. The van der Waals surface area contributed by atoms with Crippen molar-refractivity contribution in [2.75, 3.05) is 13.7 Å². The van der Waals surface area contributed by atoms with E-state index in [1.54, 1.807) is 12.1 Å². The second-order valence-electron chi connectivity index (χ2n) is 5.63. The Kier molecular flexibility index (Phi) is 6.32. The molecule has 4 nitrogen and oxygen atoms in total. The van der Waals surface area contributed by atoms with Gasteiger partial charge in [-0.2, -0.15) is 0 Å². The van der Waals surface area contributed by atoms with Crippen molar-refractivity contribution < 1.29 is 14.6 Å². The third kappa shape index (κ3) is 5.20. The van der Waals surface area contributed by atoms with Crippen molar-refractivity contribution in [3.05, 3.63) is 71.3 Å². The summed E-state index contributed by atoms with van der Waals surface area (Å²) < 4.78 is 4.69. The van der Waals surface area contributed by atoms with Crippen molar-refractivity contribution in [3.8, 4) is 0 Å². The van der Waals surface area contributed by atoms with Gasteiger partial charge >= 0.3 is 5.97 Å². The van der Waals surface area contributed by atoms with Crippen LogP contribution in [0.4, 0.5) is 0 Å². The van der Waals surface area contributed by atoms with Gasteiger partial charge in [0.05, 0.1) is 18.8 Å². The van der Waals surface area contributed by atoms with Crippen LogP contribution in [-0.4, -0.2) is 30.8 Å². The van der Waals surface area contributed by atoms with Crippen LogP contribution in [0.2, 0.25) is 0 Å². The Hall–Kier alpha value is -2.17. The first-order chi connectivity index (χ1) is 11.1. The fourth-order valence-electron chi connectivity index (χ4n) is 2.43. The Morgan fingerprint density at radius 1 is 1.17 bits per heavy atom. The Labute approximate surface area is 137 Å². The number of methoxy groups -OCH3 is 1. The average molecular weight is 315 g/mol. The van der Waals surface area contributed by atoms with Crippen molar-refractivity contribution in [1.82, 2.24) is 5.32 Å². The zero-order valence-electron chi connectivity index (χ0n) is 13.5. The van der Waals surface area contributed by atoms with Crippen LogP contribution in [0.3, 0.4) is 0 Å². The van der Waals surface area contributed by atoms with Crippen LogP contribution in [-0.2, 0) is 11.2 Å². The molecule has 0 bridgehead atoms. The van der Waals surface area contributed by atoms with E-state index >= 15 is 0 Å². The molecule has 122 valence electrons. The van der Waals surface area contributed by atoms with Crippen LogP contribution < -0.4 is 5.32 Å². The third-order valence-electron chi connectivity index (χ3n) is 3.76. The van der Waals surface area contributed by atoms with Gasteiger partial charge in [-0.15, -0.1) is 0 Å². The van der Waals surface area contributed by atoms with Crippen molar-refractivity contribution in [2.45, 2.75) is 25.5 Å². The van der Waals surface area contributed by atoms with Gasteiger partial charge in [0.2, 0.25) is 0 Å². The highest BCUT2D eigenvalue weighted by Crippen LogP contribution is 2.12. The number of ether oxygens (including phenoxy) is 1. The molecule has 0 fully saturated rings. The zero-order valence-corrected chi connectivity index (χ0v) is 13.5. The first-order valence-electron chi connectivity index (χ1n) is 7.74. The Morgan fingerprint density at radius 2 is 1.83 bits per heavy atom. The summed E-state index contributed by atoms with van der Waals surface area (Å²) in [6.45, 7) is 2.58. The molecule has 0 aliphatic carbocycles. The summed E-state index contributed by atoms with van der Waals surface area (Å²) in [6.07, 6.45) is 0.309. The SMILES string of the molecule is COC(=O)c1ccc([14CH2][C@@H](C)NC[C@H](O)c2ccccc2)cc1. The molecule has 0 saturated heterocycles. The zero-order chi connectivity index (χ0) is 16.7. The molecule has 0 heterocycles. The summed E-state index contributed by atoms with van der Waals surface area (Å²) >= 11 is 0. The normalized spacial score (nSPS) is 13.3. The van der Waals surface area contributed by atoms with E-state index in [-0.39, 0.29) is 12.0 Å². The van der Waals surface area contributed by atoms with Gasteiger partial charge in [-0.3, -0.25) is 0 Å². The number of rotatable bonds is 7. The fourth-order valence-corrected chi connectivity index (χ4v) is 2.43. The molecule has 2 aromatic carbocycles. The number of aliphatic hydroxyl groups is 1. The summed E-state index contributed by atoms with van der Waals surface area (Å²) in [5, 5.41) is 13.5. The van der Waals surface area contributed by atoms with Crippen molar-refractivity contribution in [3.63, 3.8) is 0 Å². The lowest BCUT2D eigenvalue weighted by atomic mass is 10.1. The standard InChI is InChI=1S/C19H23NO3/c1-14(20-13-18(21)16-6-4-3-5-7-16)12-15-8-10-17(11-9-15)19(22)23-2/h3-11,14,18,20-21H,12-13H2,1-2H3/t14-,18+/m1/s1/i12+2. The monoisotopic (exact) mass is 315 g/mol. The van der Waals surface area contributed by atoms with Crippen LogP contribution >= 0.6 is 0 Å². The molecule has 0 spiro atoms. The number of hydrogen-bond acceptors (Lipinski definition) is 4. The van der Waals surface area contributed by atoms with Crippen LogP contribution in [0, 0.1) is 0 Å². The summed E-state index contributed by atoms with van der Waals surface area (Å²) in [7, 11) is 1.38. The van der Waals surface area contributed by atoms with Crippen molar-refractivity contribution >= 4 is 5.97 Å². The molecule has 0 aliphatic rings. The van der Waals surface area contributed by atoms with Crippen LogP contribution in [0.15, 0.2) is 54.6 Å². The minimum Gasteiger partial charge on any atom is -0.465 e. The molecule has 23 heavy (non-hydrogen) atoms. The highest BCUT2D eigenvalue weighted by Gasteiger charge is 2.10. The van der Waals surface area contributed by atoms with Gasteiger partial charge < -0.3 is 15.2 Å². The second-order valence-corrected chi connectivity index (χ2v) is 5.63. The molecule has 2 atom stereocenters. The van der Waals surface area contributed by atoms with Crippen molar-refractivity contribution in [1.29, 1.82) is 0 Å². The summed E-state index contributed by atoms with van der Waals surface area (Å²) in [6, 6.07) is 17.2. The van der Waals surface area contributed by atoms with E-state index < -0.39 is 6.10 Å². The van der Waals surface area contributed by atoms with Gasteiger partial charge in [0.1, 0.15) is 0 Å². The maximum Gasteiger partial charge on any atom is 0.337 e. The molecule has 0 aromatic heterocycles. The molecule has 4 heteroatoms. The fraction of sp³-hybridized carbons (Fsp3) is 0.316. The molecular formula is C19H23NO3. The summed E-state index contributed by atoms with van der Waals surface area (Å²) in [5.41, 5.74) is 2.60. The number of carbonyl (C=O) groups excluding carboxylic acids is 1. The molecule has 2 rings (SSSR count). The first-order valence-corrected chi connectivity index (χ1v) is 7.74. The van der Waals surface area contributed by atoms with E-state index in [9.17, 15) is 9.90 Å². The molecule has 0 amide bonds. The van der Waals surface area contributed by atoms with Gasteiger partial charge in [0, 0.05) is 12.6 Å². The Morgan fingerprint density at radius 3 is 2.43 bits per heavy atom. The largest absolute Gasteiger partial charge is 0.465 e. The smallest absolute Gasteiger partial charge is 0.337 e. The van der Waals surface area contributed by atoms with E-state index in [1.807, 2.05) is 42.5 Å². The maximum absolute atomic E-state index is 11.4. The van der Waals surface area contributed by atoms with E-state index in [4.69, 9.17) is 0 Å². The van der Waals surface area contributed by atoms with E-state index in [1.165, 1.54) is 7.11 Å². The van der Waals surface area contributed by atoms with Crippen LogP contribution in [0.25, 0.3) is 0 Å². The minimum atomic E-state index is -0.514. The number of aliphatic hydroxyl groups excluding tert-OH is 1. The molecule has 0 radical (unpaired) electrons. The second kappa shape index (κ2) is 8.46. The van der Waals surface area contributed by atoms with Gasteiger partial charge in [-0.25, -0.2) is 4.79 Å². The predicted molar refractivity (Wildman–Crippen MR) is 90.4 cm³/mol. The van der Waals surface area contributed by atoms with Crippen LogP contribution in [0.5, 0.6) is 0 Å². The topological polar surface area (TPSA) is 58.6 Å². The lowest BCUT2D eigenvalue weighted by Gasteiger charge is -2.17. The number of esters is 1. The Bertz CT molecular complexity index is 610. The number of hydrogen-bond donors (Lipinski definition) is 2. The summed E-state index contributed by atoms with van der Waals surface area (Å²) in [5.74, 6) is -0.325. The molecular weight excluding hydrogens is 292 g/mol. The van der Waals surface area contributed by atoms with Gasteiger partial charge in [0.25, 0.3) is 0 Å². The van der Waals surface area contributed by atoms with Gasteiger partial charge in [-0.05, 0) is 36.6 Å². The van der Waals surface area contributed by atoms with Gasteiger partial charge in [-0.1, -0.05) is 42.5 Å². The summed E-state index contributed by atoms with van der Waals surface area (Å²) in [4.78, 5) is 11.4. The predicted octanol–water partition coefficient (Wildman–Crippen LogP) is 2.73. The van der Waals surface area contributed by atoms with E-state index in [0.29, 0.717) is 12.1 Å². The average Bonchev–Trinajstić information content (AvgIpc) is 2.60. The first kappa shape index (κ1) is 17.2. The lowest BCUT2D eigenvalue weighted by molar-refractivity contribution is 0.0600. The van der Waals surface area contributed by atoms with E-state index in [2.05, 4.69) is 17.0 Å². The molecule has 0 unspecified atom stereocenters. The molecule has 0 saturated carbocycles. The van der Waals surface area contributed by atoms with Gasteiger partial charge in [0.15, 0.2) is 0 Å². The molecule has 2 aromatic rings. The lowest BCUT2D eigenvalue weighted by Crippen LogP contribution is -2.32. The van der Waals surface area contributed by atoms with E-state index in [0.717, 1.165) is 17.5 Å². The van der Waals surface area contributed by atoms with Crippen molar-refractivity contribution in [2.24, 2.45) is 0 Å². The number of benzene rings is 2. The highest BCUT2D eigenvalue weighted by atomic mass is 16.5. The number of nitrogens with one attached hydrogen (secondary N) is 1. The number of carbonyl (C=O) groups is 1. The highest BCUT2D eigenvalue weighted by molar-refractivity contribution is 5.89.